The Bertz CT molecular complexity index is 851. The van der Waals surface area contributed by atoms with E-state index in [0.717, 1.165) is 23.9 Å². The van der Waals surface area contributed by atoms with E-state index in [0.29, 0.717) is 24.6 Å². The van der Waals surface area contributed by atoms with Gasteiger partial charge in [-0.2, -0.15) is 0 Å². The Morgan fingerprint density at radius 2 is 1.96 bits per heavy atom. The third-order valence-electron chi connectivity index (χ3n) is 4.13. The summed E-state index contributed by atoms with van der Waals surface area (Å²) < 4.78 is 12.7. The van der Waals surface area contributed by atoms with E-state index in [-0.39, 0.29) is 12.1 Å². The number of rotatable bonds is 3. The molecule has 1 aliphatic heterocycles. The average molecular weight is 323 g/mol. The van der Waals surface area contributed by atoms with Gasteiger partial charge in [0.05, 0.1) is 29.8 Å². The lowest BCUT2D eigenvalue weighted by molar-refractivity contribution is -0.0159. The maximum Gasteiger partial charge on any atom is 0.339 e. The van der Waals surface area contributed by atoms with Crippen LogP contribution in [0.2, 0.25) is 0 Å². The fourth-order valence-electron chi connectivity index (χ4n) is 2.80. The van der Waals surface area contributed by atoms with Gasteiger partial charge >= 0.3 is 5.97 Å². The summed E-state index contributed by atoms with van der Waals surface area (Å²) in [6.45, 7) is 1.28. The zero-order valence-electron chi connectivity index (χ0n) is 13.1. The second-order valence-corrected chi connectivity index (χ2v) is 5.73. The van der Waals surface area contributed by atoms with Gasteiger partial charge in [0.1, 0.15) is 18.2 Å². The van der Waals surface area contributed by atoms with Crippen molar-refractivity contribution in [1.29, 1.82) is 0 Å². The lowest BCUT2D eigenvalue weighted by Crippen LogP contribution is -2.26. The number of ether oxygens (including phenoxy) is 2. The van der Waals surface area contributed by atoms with E-state index >= 15 is 0 Å². The van der Waals surface area contributed by atoms with Crippen LogP contribution in [-0.2, 0) is 9.47 Å². The number of pyridine rings is 1. The molecule has 1 saturated heterocycles. The van der Waals surface area contributed by atoms with Gasteiger partial charge in [-0.25, -0.2) is 14.8 Å². The highest BCUT2D eigenvalue weighted by Gasteiger charge is 2.19. The van der Waals surface area contributed by atoms with Crippen molar-refractivity contribution in [2.24, 2.45) is 0 Å². The van der Waals surface area contributed by atoms with Crippen molar-refractivity contribution < 1.29 is 14.3 Å². The van der Waals surface area contributed by atoms with Gasteiger partial charge in [0.25, 0.3) is 0 Å². The molecule has 0 bridgehead atoms. The summed E-state index contributed by atoms with van der Waals surface area (Å²) in [5.74, 6) is 0.378. The van der Waals surface area contributed by atoms with Gasteiger partial charge in [-0.3, -0.25) is 4.57 Å². The van der Waals surface area contributed by atoms with E-state index in [1.54, 1.807) is 24.7 Å². The molecule has 3 aromatic rings. The SMILES string of the molecule is O=C(OC1CCOCC1)c1ccc(-n2cnc3ccccc32)nc1. The molecular formula is C18H17N3O3. The fraction of sp³-hybridized carbons (Fsp3) is 0.278. The van der Waals surface area contributed by atoms with Crippen molar-refractivity contribution in [3.05, 3.63) is 54.5 Å². The minimum Gasteiger partial charge on any atom is -0.459 e. The highest BCUT2D eigenvalue weighted by molar-refractivity contribution is 5.89. The highest BCUT2D eigenvalue weighted by Crippen LogP contribution is 2.17. The van der Waals surface area contributed by atoms with E-state index < -0.39 is 0 Å². The van der Waals surface area contributed by atoms with Crippen LogP contribution in [-0.4, -0.2) is 39.8 Å². The Morgan fingerprint density at radius 3 is 2.75 bits per heavy atom. The zero-order chi connectivity index (χ0) is 16.4. The molecule has 1 fully saturated rings. The third kappa shape index (κ3) is 2.88. The molecule has 1 aromatic carbocycles. The van der Waals surface area contributed by atoms with Crippen molar-refractivity contribution in [2.45, 2.75) is 18.9 Å². The first-order chi connectivity index (χ1) is 11.8. The Kier molecular flexibility index (Phi) is 3.96. The zero-order valence-corrected chi connectivity index (χ0v) is 13.1. The van der Waals surface area contributed by atoms with Crippen LogP contribution in [0.3, 0.4) is 0 Å². The van der Waals surface area contributed by atoms with Crippen LogP contribution in [0, 0.1) is 0 Å². The highest BCUT2D eigenvalue weighted by atomic mass is 16.6. The van der Waals surface area contributed by atoms with Crippen LogP contribution in [0.4, 0.5) is 0 Å². The van der Waals surface area contributed by atoms with Crippen molar-refractivity contribution in [2.75, 3.05) is 13.2 Å². The summed E-state index contributed by atoms with van der Waals surface area (Å²) in [7, 11) is 0. The molecule has 3 heterocycles. The van der Waals surface area contributed by atoms with Crippen LogP contribution in [0.25, 0.3) is 16.9 Å². The number of imidazole rings is 1. The second kappa shape index (κ2) is 6.41. The van der Waals surface area contributed by atoms with Gasteiger partial charge in [0.2, 0.25) is 0 Å². The number of para-hydroxylation sites is 2. The fourth-order valence-corrected chi connectivity index (χ4v) is 2.80. The normalized spacial score (nSPS) is 15.5. The van der Waals surface area contributed by atoms with Crippen molar-refractivity contribution >= 4 is 17.0 Å². The Balaban J connectivity index is 1.53. The van der Waals surface area contributed by atoms with Crippen LogP contribution >= 0.6 is 0 Å². The molecule has 1 aliphatic rings. The molecule has 0 radical (unpaired) electrons. The second-order valence-electron chi connectivity index (χ2n) is 5.73. The molecule has 0 amide bonds. The summed E-state index contributed by atoms with van der Waals surface area (Å²) in [6, 6.07) is 11.4. The molecule has 0 unspecified atom stereocenters. The minimum absolute atomic E-state index is 0.0662. The first-order valence-electron chi connectivity index (χ1n) is 7.98. The molecular weight excluding hydrogens is 306 g/mol. The number of aromatic nitrogens is 3. The summed E-state index contributed by atoms with van der Waals surface area (Å²) in [5, 5.41) is 0. The number of nitrogens with zero attached hydrogens (tertiary/aromatic N) is 3. The van der Waals surface area contributed by atoms with Crippen LogP contribution in [0.1, 0.15) is 23.2 Å². The van der Waals surface area contributed by atoms with Gasteiger partial charge in [0.15, 0.2) is 0 Å². The van der Waals surface area contributed by atoms with E-state index in [4.69, 9.17) is 9.47 Å². The predicted molar refractivity (Wildman–Crippen MR) is 88.1 cm³/mol. The summed E-state index contributed by atoms with van der Waals surface area (Å²) in [6.07, 6.45) is 4.71. The number of hydrogen-bond acceptors (Lipinski definition) is 5. The number of benzene rings is 1. The van der Waals surface area contributed by atoms with Gasteiger partial charge in [-0.05, 0) is 24.3 Å². The maximum absolute atomic E-state index is 12.2. The largest absolute Gasteiger partial charge is 0.459 e. The van der Waals surface area contributed by atoms with Crippen molar-refractivity contribution in [1.82, 2.24) is 14.5 Å². The van der Waals surface area contributed by atoms with Gasteiger partial charge in [0, 0.05) is 19.0 Å². The first-order valence-corrected chi connectivity index (χ1v) is 7.98. The van der Waals surface area contributed by atoms with Gasteiger partial charge < -0.3 is 9.47 Å². The maximum atomic E-state index is 12.2. The number of fused-ring (bicyclic) bond motifs is 1. The molecule has 4 rings (SSSR count). The molecule has 6 nitrogen and oxygen atoms in total. The van der Waals surface area contributed by atoms with Crippen LogP contribution < -0.4 is 0 Å². The Labute approximate surface area is 139 Å². The molecule has 0 saturated carbocycles. The lowest BCUT2D eigenvalue weighted by atomic mass is 10.1. The summed E-state index contributed by atoms with van der Waals surface area (Å²) in [5.41, 5.74) is 2.33. The van der Waals surface area contributed by atoms with Gasteiger partial charge in [-0.15, -0.1) is 0 Å². The average Bonchev–Trinajstić information content (AvgIpc) is 3.07. The van der Waals surface area contributed by atoms with E-state index in [1.807, 2.05) is 28.8 Å². The molecule has 0 N–H and O–H groups in total. The molecule has 0 atom stereocenters. The van der Waals surface area contributed by atoms with E-state index in [1.165, 1.54) is 0 Å². The van der Waals surface area contributed by atoms with Gasteiger partial charge in [-0.1, -0.05) is 12.1 Å². The molecule has 0 spiro atoms. The lowest BCUT2D eigenvalue weighted by Gasteiger charge is -2.22. The molecule has 122 valence electrons. The third-order valence-corrected chi connectivity index (χ3v) is 4.13. The van der Waals surface area contributed by atoms with E-state index in [9.17, 15) is 4.79 Å². The first kappa shape index (κ1) is 14.8. The summed E-state index contributed by atoms with van der Waals surface area (Å²) in [4.78, 5) is 20.9. The van der Waals surface area contributed by atoms with Crippen molar-refractivity contribution in [3.8, 4) is 5.82 Å². The molecule has 2 aromatic heterocycles. The van der Waals surface area contributed by atoms with E-state index in [2.05, 4.69) is 9.97 Å². The standard InChI is InChI=1S/C18H17N3O3/c22-18(24-14-7-9-23-10-8-14)13-5-6-17(19-11-13)21-12-20-15-3-1-2-4-16(15)21/h1-6,11-12,14H,7-10H2. The Hall–Kier alpha value is -2.73. The number of hydrogen-bond donors (Lipinski definition) is 0. The number of carbonyl (C=O) groups excluding carboxylic acids is 1. The smallest absolute Gasteiger partial charge is 0.339 e. The minimum atomic E-state index is -0.337. The monoisotopic (exact) mass is 323 g/mol. The molecule has 24 heavy (non-hydrogen) atoms. The quantitative estimate of drug-likeness (QED) is 0.693. The van der Waals surface area contributed by atoms with Crippen LogP contribution in [0.15, 0.2) is 48.9 Å². The number of carbonyl (C=O) groups is 1. The van der Waals surface area contributed by atoms with Crippen LogP contribution in [0.5, 0.6) is 0 Å². The van der Waals surface area contributed by atoms with Crippen molar-refractivity contribution in [3.63, 3.8) is 0 Å². The topological polar surface area (TPSA) is 66.2 Å². The number of esters is 1. The molecule has 0 aliphatic carbocycles. The summed E-state index contributed by atoms with van der Waals surface area (Å²) >= 11 is 0. The Morgan fingerprint density at radius 1 is 1.12 bits per heavy atom. The molecule has 6 heteroatoms. The predicted octanol–water partition coefficient (Wildman–Crippen LogP) is 2.76.